The van der Waals surface area contributed by atoms with E-state index in [0.29, 0.717) is 28.3 Å². The number of nitrogens with zero attached hydrogens (tertiary/aromatic N) is 7. The highest BCUT2D eigenvalue weighted by Gasteiger charge is 2.38. The van der Waals surface area contributed by atoms with Crippen LogP contribution in [0.2, 0.25) is 5.02 Å². The zero-order chi connectivity index (χ0) is 28.6. The highest BCUT2D eigenvalue weighted by Crippen LogP contribution is 2.50. The van der Waals surface area contributed by atoms with Crippen molar-refractivity contribution in [3.63, 3.8) is 0 Å². The van der Waals surface area contributed by atoms with Gasteiger partial charge in [-0.25, -0.2) is 19.2 Å². The first kappa shape index (κ1) is 25.7. The summed E-state index contributed by atoms with van der Waals surface area (Å²) in [5.74, 6) is 1.86. The van der Waals surface area contributed by atoms with Crippen LogP contribution in [0.4, 0.5) is 0 Å². The minimum atomic E-state index is -0.350. The van der Waals surface area contributed by atoms with E-state index < -0.39 is 0 Å². The smallest absolute Gasteiger partial charge is 0.230 e. The average molecular weight is 578 g/mol. The maximum atomic E-state index is 6.80. The van der Waals surface area contributed by atoms with Crippen molar-refractivity contribution in [2.75, 3.05) is 7.11 Å². The number of aryl methyl sites for hydroxylation is 1. The largest absolute Gasteiger partial charge is 0.497 e. The number of aromatic nitrogens is 6. The second-order valence-corrected chi connectivity index (χ2v) is 10.1. The molecule has 3 aromatic heterocycles. The lowest BCUT2D eigenvalue weighted by Crippen LogP contribution is -2.16. The van der Waals surface area contributed by atoms with E-state index in [1.165, 1.54) is 0 Å². The number of hydrogen-bond acceptors (Lipinski definition) is 8. The number of fused-ring (bicyclic) bond motifs is 4. The fourth-order valence-corrected chi connectivity index (χ4v) is 5.38. The zero-order valence-corrected chi connectivity index (χ0v) is 23.4. The van der Waals surface area contributed by atoms with Gasteiger partial charge in [-0.15, -0.1) is 5.10 Å². The maximum Gasteiger partial charge on any atom is 0.230 e. The molecule has 10 nitrogen and oxygen atoms in total. The van der Waals surface area contributed by atoms with E-state index in [9.17, 15) is 0 Å². The third-order valence-corrected chi connectivity index (χ3v) is 7.41. The number of methoxy groups -OCH3 is 1. The van der Waals surface area contributed by atoms with Gasteiger partial charge in [-0.3, -0.25) is 0 Å². The summed E-state index contributed by atoms with van der Waals surface area (Å²) in [6.45, 7) is 2.03. The van der Waals surface area contributed by atoms with Gasteiger partial charge in [0.25, 0.3) is 0 Å². The molecule has 1 aliphatic heterocycles. The first-order valence-electron chi connectivity index (χ1n) is 13.2. The summed E-state index contributed by atoms with van der Waals surface area (Å²) in [6, 6.07) is 25.1. The van der Waals surface area contributed by atoms with E-state index in [0.717, 1.165) is 39.4 Å². The Kier molecular flexibility index (Phi) is 6.52. The monoisotopic (exact) mass is 577 g/mol. The number of oxime groups is 1. The molecule has 0 saturated heterocycles. The van der Waals surface area contributed by atoms with Crippen LogP contribution in [0, 0.1) is 6.92 Å². The van der Waals surface area contributed by atoms with Gasteiger partial charge in [0.15, 0.2) is 18.1 Å². The molecular formula is C31H24ClN7O3. The van der Waals surface area contributed by atoms with Gasteiger partial charge in [-0.1, -0.05) is 53.2 Å². The van der Waals surface area contributed by atoms with Crippen molar-refractivity contribution in [3.8, 4) is 23.2 Å². The van der Waals surface area contributed by atoms with E-state index in [1.54, 1.807) is 28.8 Å². The molecule has 1 aliphatic rings. The highest BCUT2D eigenvalue weighted by molar-refractivity contribution is 6.31. The number of halogens is 1. The normalized spacial score (nSPS) is 14.0. The Bertz CT molecular complexity index is 1930. The minimum absolute atomic E-state index is 0.0664. The van der Waals surface area contributed by atoms with Crippen LogP contribution < -0.4 is 9.47 Å². The Morgan fingerprint density at radius 3 is 2.55 bits per heavy atom. The number of ether oxygens (including phenoxy) is 2. The van der Waals surface area contributed by atoms with Crippen molar-refractivity contribution in [2.24, 2.45) is 5.16 Å². The highest BCUT2D eigenvalue weighted by atomic mass is 35.5. The molecule has 208 valence electrons. The van der Waals surface area contributed by atoms with E-state index >= 15 is 0 Å². The second kappa shape index (κ2) is 10.6. The van der Waals surface area contributed by atoms with Gasteiger partial charge in [-0.2, -0.15) is 5.10 Å². The number of hydrogen-bond donors (Lipinski definition) is 0. The van der Waals surface area contributed by atoms with Gasteiger partial charge in [-0.05, 0) is 60.5 Å². The molecular weight excluding hydrogens is 554 g/mol. The summed E-state index contributed by atoms with van der Waals surface area (Å²) in [4.78, 5) is 15.0. The Balaban J connectivity index is 1.28. The van der Waals surface area contributed by atoms with Crippen molar-refractivity contribution in [1.82, 2.24) is 29.4 Å². The van der Waals surface area contributed by atoms with Crippen molar-refractivity contribution in [2.45, 2.75) is 19.4 Å². The topological polar surface area (TPSA) is 101 Å². The molecule has 0 unspecified atom stereocenters. The fraction of sp³-hybridized carbons (Fsp3) is 0.129. The standard InChI is InChI=1S/C31H24ClN7O3/c1-19-26-27(23-10-6-7-11-24(23)32)28-29-35-25(17-41-34-16-20-12-14-22(40-2)15-13-20)37-38(29)18-33-30(28)42-31(26)39(36-19)21-8-4-3-5-9-21/h3-16,18,27H,17H2,1-2H3/b34-16+/t27-/m1/s1. The first-order valence-corrected chi connectivity index (χ1v) is 13.6. The molecule has 42 heavy (non-hydrogen) atoms. The van der Waals surface area contributed by atoms with E-state index in [1.807, 2.05) is 85.8 Å². The van der Waals surface area contributed by atoms with Gasteiger partial charge in [0.05, 0.1) is 41.8 Å². The van der Waals surface area contributed by atoms with E-state index in [4.69, 9.17) is 36.0 Å². The summed E-state index contributed by atoms with van der Waals surface area (Å²) >= 11 is 6.80. The predicted octanol–water partition coefficient (Wildman–Crippen LogP) is 6.12. The summed E-state index contributed by atoms with van der Waals surface area (Å²) in [7, 11) is 1.63. The molecule has 0 amide bonds. The summed E-state index contributed by atoms with van der Waals surface area (Å²) in [6.07, 6.45) is 3.20. The Morgan fingerprint density at radius 2 is 1.76 bits per heavy atom. The molecule has 6 aromatic rings. The molecule has 11 heteroatoms. The Labute approximate surface area is 245 Å². The average Bonchev–Trinajstić information content (AvgIpc) is 3.60. The molecule has 1 atom stereocenters. The van der Waals surface area contributed by atoms with E-state index in [2.05, 4.69) is 15.2 Å². The molecule has 3 aromatic carbocycles. The van der Waals surface area contributed by atoms with Gasteiger partial charge in [0.1, 0.15) is 12.1 Å². The summed E-state index contributed by atoms with van der Waals surface area (Å²) in [5, 5.41) is 14.1. The van der Waals surface area contributed by atoms with Crippen LogP contribution in [0.1, 0.15) is 39.7 Å². The molecule has 0 bridgehead atoms. The van der Waals surface area contributed by atoms with Crippen molar-refractivity contribution < 1.29 is 14.3 Å². The number of benzene rings is 3. The summed E-state index contributed by atoms with van der Waals surface area (Å²) in [5.41, 5.74) is 5.66. The summed E-state index contributed by atoms with van der Waals surface area (Å²) < 4.78 is 15.1. The maximum absolute atomic E-state index is 6.80. The van der Waals surface area contributed by atoms with Crippen LogP contribution >= 0.6 is 11.6 Å². The zero-order valence-electron chi connectivity index (χ0n) is 22.7. The lowest BCUT2D eigenvalue weighted by atomic mass is 9.84. The third-order valence-electron chi connectivity index (χ3n) is 7.07. The van der Waals surface area contributed by atoms with Crippen LogP contribution in [0.5, 0.6) is 17.5 Å². The molecule has 0 aliphatic carbocycles. The number of para-hydroxylation sites is 1. The van der Waals surface area contributed by atoms with Gasteiger partial charge >= 0.3 is 0 Å². The predicted molar refractivity (Wildman–Crippen MR) is 157 cm³/mol. The van der Waals surface area contributed by atoms with E-state index in [-0.39, 0.29) is 12.5 Å². The molecule has 0 fully saturated rings. The van der Waals surface area contributed by atoms with Crippen LogP contribution in [0.25, 0.3) is 11.3 Å². The molecule has 0 spiro atoms. The first-order chi connectivity index (χ1) is 20.6. The van der Waals surface area contributed by atoms with Gasteiger partial charge in [0.2, 0.25) is 11.8 Å². The SMILES string of the molecule is COc1ccc(/C=N/OCc2nc3c4c(ncn3n2)Oc2c(c(C)nn2-c2ccccc2)[C@H]4c2ccccc2Cl)cc1. The molecule has 0 N–H and O–H groups in total. The third kappa shape index (κ3) is 4.51. The fourth-order valence-electron chi connectivity index (χ4n) is 5.13. The van der Waals surface area contributed by atoms with Crippen LogP contribution in [0.15, 0.2) is 90.3 Å². The lowest BCUT2D eigenvalue weighted by Gasteiger charge is -2.27. The molecule has 4 heterocycles. The number of rotatable bonds is 7. The van der Waals surface area contributed by atoms with Gasteiger partial charge < -0.3 is 14.3 Å². The quantitative estimate of drug-likeness (QED) is 0.166. The van der Waals surface area contributed by atoms with Crippen molar-refractivity contribution in [3.05, 3.63) is 124 Å². The van der Waals surface area contributed by atoms with Crippen LogP contribution in [0.3, 0.4) is 0 Å². The van der Waals surface area contributed by atoms with Crippen molar-refractivity contribution >= 4 is 23.5 Å². The Hall–Kier alpha value is -5.22. The lowest BCUT2D eigenvalue weighted by molar-refractivity contribution is 0.126. The van der Waals surface area contributed by atoms with Crippen molar-refractivity contribution in [1.29, 1.82) is 0 Å². The molecule has 0 radical (unpaired) electrons. The Morgan fingerprint density at radius 1 is 0.976 bits per heavy atom. The minimum Gasteiger partial charge on any atom is -0.497 e. The van der Waals surface area contributed by atoms with Gasteiger partial charge in [0, 0.05) is 5.02 Å². The van der Waals surface area contributed by atoms with Crippen LogP contribution in [-0.4, -0.2) is 42.7 Å². The van der Waals surface area contributed by atoms with Crippen LogP contribution in [-0.2, 0) is 11.4 Å². The molecule has 7 rings (SSSR count). The molecule has 0 saturated carbocycles. The second-order valence-electron chi connectivity index (χ2n) is 9.65.